The first-order valence-electron chi connectivity index (χ1n) is 18.4. The molecule has 272 valence electrons. The summed E-state index contributed by atoms with van der Waals surface area (Å²) in [6, 6.07) is 11.6. The van der Waals surface area contributed by atoms with E-state index in [2.05, 4.69) is 38.8 Å². The van der Waals surface area contributed by atoms with Gasteiger partial charge in [0.15, 0.2) is 0 Å². The highest BCUT2D eigenvalue weighted by atomic mass is 35.5. The molecule has 0 unspecified atom stereocenters. The van der Waals surface area contributed by atoms with Gasteiger partial charge in [-0.05, 0) is 111 Å². The molecule has 1 amide bonds. The number of allylic oxidation sites excluding steroid dienone is 1. The Morgan fingerprint density at radius 1 is 1.10 bits per heavy atom. The molecule has 1 saturated carbocycles. The van der Waals surface area contributed by atoms with Crippen molar-refractivity contribution in [3.63, 3.8) is 0 Å². The topological polar surface area (TPSA) is 97.4 Å². The zero-order valence-corrected chi connectivity index (χ0v) is 31.2. The molecular formula is C39H52ClN3O6S. The quantitative estimate of drug-likeness (QED) is 0.384. The number of halogens is 1. The number of anilines is 1. The summed E-state index contributed by atoms with van der Waals surface area (Å²) in [5, 5.41) is -0.0255. The lowest BCUT2D eigenvalue weighted by molar-refractivity contribution is -0.0865. The number of sulfonamides is 1. The predicted molar refractivity (Wildman–Crippen MR) is 197 cm³/mol. The molecule has 6 atom stereocenters. The Morgan fingerprint density at radius 2 is 1.92 bits per heavy atom. The molecule has 2 aromatic carbocycles. The number of aryl methyl sites for hydroxylation is 1. The summed E-state index contributed by atoms with van der Waals surface area (Å²) in [4.78, 5) is 18.5. The van der Waals surface area contributed by atoms with Crippen molar-refractivity contribution in [1.82, 2.24) is 9.62 Å². The van der Waals surface area contributed by atoms with E-state index in [4.69, 9.17) is 25.8 Å². The second-order valence-corrected chi connectivity index (χ2v) is 17.9. The van der Waals surface area contributed by atoms with Crippen molar-refractivity contribution < 1.29 is 27.4 Å². The van der Waals surface area contributed by atoms with Crippen LogP contribution in [0.5, 0.6) is 5.75 Å². The first kappa shape index (κ1) is 35.8. The van der Waals surface area contributed by atoms with Crippen molar-refractivity contribution >= 4 is 33.2 Å². The molecule has 2 aliphatic carbocycles. The molecule has 50 heavy (non-hydrogen) atoms. The van der Waals surface area contributed by atoms with E-state index in [9.17, 15) is 13.2 Å². The number of ether oxygens (including phenoxy) is 3. The highest BCUT2D eigenvalue weighted by Gasteiger charge is 2.49. The number of benzene rings is 2. The van der Waals surface area contributed by atoms with Crippen LogP contribution in [0, 0.1) is 17.8 Å². The molecule has 11 heteroatoms. The van der Waals surface area contributed by atoms with Crippen LogP contribution in [0.4, 0.5) is 5.69 Å². The van der Waals surface area contributed by atoms with Crippen LogP contribution in [0.25, 0.3) is 0 Å². The Labute approximate surface area is 302 Å². The molecule has 1 spiro atoms. The number of carbonyl (C=O) groups is 1. The summed E-state index contributed by atoms with van der Waals surface area (Å²) in [5.74, 6) is 0.515. The first-order valence-corrected chi connectivity index (χ1v) is 20.3. The number of hydrogen-bond acceptors (Lipinski definition) is 8. The Balaban J connectivity index is 1.30. The van der Waals surface area contributed by atoms with Gasteiger partial charge < -0.3 is 19.1 Å². The fraction of sp³-hybridized carbons (Fsp3) is 0.615. The molecule has 3 heterocycles. The van der Waals surface area contributed by atoms with E-state index in [1.807, 2.05) is 32.2 Å². The summed E-state index contributed by atoms with van der Waals surface area (Å²) in [7, 11) is -2.11. The number of rotatable bonds is 4. The first-order chi connectivity index (χ1) is 24.0. The molecule has 2 fully saturated rings. The van der Waals surface area contributed by atoms with Gasteiger partial charge in [0.05, 0.1) is 36.4 Å². The Hall–Kier alpha value is -2.63. The SMILES string of the molecule is CO[C@@]1(CCN2CCOCC2)/C=C/C[C@H](C)[C@@H](C)S(=O)(=O)NC(=O)c2ccc3c(c2)N(C[C@@H]2CC[C@H]21)C[C@@]1(CCCc2cc(Cl)ccc21)CO3. The maximum Gasteiger partial charge on any atom is 0.264 e. The smallest absolute Gasteiger partial charge is 0.264 e. The zero-order chi connectivity index (χ0) is 35.1. The van der Waals surface area contributed by atoms with Crippen LogP contribution < -0.4 is 14.4 Å². The maximum absolute atomic E-state index is 13.6. The van der Waals surface area contributed by atoms with Gasteiger partial charge in [0.1, 0.15) is 5.75 Å². The minimum absolute atomic E-state index is 0.212. The van der Waals surface area contributed by atoms with Gasteiger partial charge in [0.25, 0.3) is 5.91 Å². The summed E-state index contributed by atoms with van der Waals surface area (Å²) in [6.07, 6.45) is 10.9. The third kappa shape index (κ3) is 6.95. The average molecular weight is 726 g/mol. The summed E-state index contributed by atoms with van der Waals surface area (Å²) < 4.78 is 48.4. The lowest BCUT2D eigenvalue weighted by Gasteiger charge is -2.51. The highest BCUT2D eigenvalue weighted by molar-refractivity contribution is 7.90. The molecule has 2 aromatic rings. The standard InChI is InChI=1S/C39H52ClN3O6S/c1-27-6-4-15-39(47-3,16-17-42-18-20-48-21-19-42)34-11-8-31(34)24-43-25-38(14-5-7-29-22-32(40)10-12-33(29)38)26-49-36-13-9-30(23-35(36)43)37(44)41-50(45,46)28(27)2/h4,9-10,12-13,15,22-23,27-28,31,34H,5-8,11,14,16-21,24-26H2,1-3H3,(H,41,44)/b15-4+/t27-,28+,31-,34+,38-,39+/m0/s1. The molecule has 0 radical (unpaired) electrons. The van der Waals surface area contributed by atoms with Crippen molar-refractivity contribution in [2.45, 2.75) is 75.1 Å². The van der Waals surface area contributed by atoms with Crippen molar-refractivity contribution in [2.75, 3.05) is 64.6 Å². The van der Waals surface area contributed by atoms with Crippen LogP contribution in [0.2, 0.25) is 5.02 Å². The third-order valence-corrected chi connectivity index (χ3v) is 14.7. The normalized spacial score (nSPS) is 33.6. The number of hydrogen-bond donors (Lipinski definition) is 1. The molecule has 3 aliphatic heterocycles. The van der Waals surface area contributed by atoms with E-state index >= 15 is 0 Å². The second-order valence-electron chi connectivity index (χ2n) is 15.4. The van der Waals surface area contributed by atoms with Crippen LogP contribution >= 0.6 is 11.6 Å². The number of nitrogens with one attached hydrogen (secondary N) is 1. The van der Waals surface area contributed by atoms with Crippen LogP contribution in [0.1, 0.15) is 73.9 Å². The van der Waals surface area contributed by atoms with E-state index in [1.54, 1.807) is 13.0 Å². The van der Waals surface area contributed by atoms with Crippen molar-refractivity contribution in [3.05, 3.63) is 70.3 Å². The van der Waals surface area contributed by atoms with Crippen LogP contribution in [0.15, 0.2) is 48.6 Å². The molecule has 1 saturated heterocycles. The Morgan fingerprint density at radius 3 is 2.68 bits per heavy atom. The Kier molecular flexibility index (Phi) is 10.3. The monoisotopic (exact) mass is 725 g/mol. The molecule has 7 rings (SSSR count). The van der Waals surface area contributed by atoms with Gasteiger partial charge in [-0.3, -0.25) is 9.69 Å². The highest BCUT2D eigenvalue weighted by Crippen LogP contribution is 2.50. The number of morpholine rings is 1. The van der Waals surface area contributed by atoms with Crippen molar-refractivity contribution in [1.29, 1.82) is 0 Å². The Bertz CT molecular complexity index is 1710. The van der Waals surface area contributed by atoms with Gasteiger partial charge in [-0.25, -0.2) is 13.1 Å². The number of methoxy groups -OCH3 is 1. The summed E-state index contributed by atoms with van der Waals surface area (Å²) >= 11 is 6.48. The van der Waals surface area contributed by atoms with E-state index < -0.39 is 26.8 Å². The number of amides is 1. The van der Waals surface area contributed by atoms with Gasteiger partial charge in [-0.1, -0.05) is 36.7 Å². The zero-order valence-electron chi connectivity index (χ0n) is 29.7. The molecular weight excluding hydrogens is 674 g/mol. The minimum atomic E-state index is -3.94. The molecule has 1 N–H and O–H groups in total. The number of carbonyl (C=O) groups excluding carboxylic acids is 1. The molecule has 5 aliphatic rings. The van der Waals surface area contributed by atoms with E-state index in [0.717, 1.165) is 95.2 Å². The lowest BCUT2D eigenvalue weighted by atomic mass is 9.63. The molecule has 0 aromatic heterocycles. The number of nitrogens with zero attached hydrogens (tertiary/aromatic N) is 2. The maximum atomic E-state index is 13.6. The fourth-order valence-electron chi connectivity index (χ4n) is 9.10. The molecule has 2 bridgehead atoms. The van der Waals surface area contributed by atoms with Gasteiger partial charge in [-0.2, -0.15) is 0 Å². The van der Waals surface area contributed by atoms with Crippen molar-refractivity contribution in [3.8, 4) is 5.75 Å². The molecule has 9 nitrogen and oxygen atoms in total. The number of fused-ring (bicyclic) bond motifs is 4. The van der Waals surface area contributed by atoms with Gasteiger partial charge in [0, 0.05) is 55.8 Å². The van der Waals surface area contributed by atoms with E-state index in [0.29, 0.717) is 30.3 Å². The predicted octanol–water partition coefficient (Wildman–Crippen LogP) is 5.99. The summed E-state index contributed by atoms with van der Waals surface area (Å²) in [5.41, 5.74) is 2.94. The van der Waals surface area contributed by atoms with Crippen LogP contribution in [-0.2, 0) is 31.3 Å². The average Bonchev–Trinajstić information content (AvgIpc) is 3.25. The summed E-state index contributed by atoms with van der Waals surface area (Å²) in [6.45, 7) is 9.86. The van der Waals surface area contributed by atoms with Gasteiger partial charge >= 0.3 is 0 Å². The second kappa shape index (κ2) is 14.4. The lowest BCUT2D eigenvalue weighted by Crippen LogP contribution is -2.54. The largest absolute Gasteiger partial charge is 0.490 e. The minimum Gasteiger partial charge on any atom is -0.490 e. The van der Waals surface area contributed by atoms with E-state index in [1.165, 1.54) is 11.1 Å². The van der Waals surface area contributed by atoms with Gasteiger partial charge in [-0.15, -0.1) is 0 Å². The third-order valence-electron chi connectivity index (χ3n) is 12.5. The fourth-order valence-corrected chi connectivity index (χ4v) is 10.6. The van der Waals surface area contributed by atoms with Crippen molar-refractivity contribution in [2.24, 2.45) is 17.8 Å². The van der Waals surface area contributed by atoms with E-state index in [-0.39, 0.29) is 17.3 Å². The van der Waals surface area contributed by atoms with Crippen LogP contribution in [-0.4, -0.2) is 89.7 Å². The van der Waals surface area contributed by atoms with Crippen LogP contribution in [0.3, 0.4) is 0 Å². The van der Waals surface area contributed by atoms with Gasteiger partial charge in [0.2, 0.25) is 10.0 Å².